The molecular formula is C26H31ClN4O4. The summed E-state index contributed by atoms with van der Waals surface area (Å²) < 4.78 is 12.1. The van der Waals surface area contributed by atoms with Gasteiger partial charge in [-0.15, -0.1) is 0 Å². The van der Waals surface area contributed by atoms with Crippen molar-refractivity contribution in [2.24, 2.45) is 0 Å². The van der Waals surface area contributed by atoms with Crippen molar-refractivity contribution in [3.63, 3.8) is 0 Å². The minimum atomic E-state index is -0.377. The Morgan fingerprint density at radius 2 is 1.77 bits per heavy atom. The normalized spacial score (nSPS) is 11.3. The highest BCUT2D eigenvalue weighted by Crippen LogP contribution is 2.29. The second kappa shape index (κ2) is 11.4. The molecule has 0 aliphatic rings. The molecule has 1 N–H and O–H groups in total. The van der Waals surface area contributed by atoms with Crippen LogP contribution in [-0.2, 0) is 14.9 Å². The second-order valence-electron chi connectivity index (χ2n) is 9.00. The van der Waals surface area contributed by atoms with Gasteiger partial charge in [0.25, 0.3) is 5.91 Å². The van der Waals surface area contributed by atoms with Crippen LogP contribution in [0, 0.1) is 0 Å². The summed E-state index contributed by atoms with van der Waals surface area (Å²) >= 11 is 6.42. The second-order valence-corrected chi connectivity index (χ2v) is 9.40. The van der Waals surface area contributed by atoms with Gasteiger partial charge in [0, 0.05) is 25.1 Å². The highest BCUT2D eigenvalue weighted by atomic mass is 35.5. The number of hydrogen-bond acceptors (Lipinski definition) is 5. The van der Waals surface area contributed by atoms with Crippen LogP contribution < -0.4 is 10.1 Å². The molecule has 3 aromatic rings. The lowest BCUT2D eigenvalue weighted by atomic mass is 9.92. The minimum Gasteiger partial charge on any atom is -0.496 e. The number of para-hydroxylation sites is 2. The molecule has 0 aliphatic heterocycles. The van der Waals surface area contributed by atoms with Gasteiger partial charge in [0.15, 0.2) is 0 Å². The number of halogens is 1. The number of amides is 2. The van der Waals surface area contributed by atoms with Crippen LogP contribution in [0.1, 0.15) is 36.8 Å². The molecule has 186 valence electrons. The third-order valence-electron chi connectivity index (χ3n) is 5.35. The topological polar surface area (TPSA) is 85.7 Å². The fourth-order valence-electron chi connectivity index (χ4n) is 3.45. The van der Waals surface area contributed by atoms with E-state index in [2.05, 4.69) is 5.32 Å². The maximum atomic E-state index is 13.3. The van der Waals surface area contributed by atoms with Crippen LogP contribution in [0.4, 0.5) is 5.82 Å². The molecule has 1 heterocycles. The summed E-state index contributed by atoms with van der Waals surface area (Å²) in [5.41, 5.74) is 1.54. The largest absolute Gasteiger partial charge is 0.496 e. The maximum Gasteiger partial charge on any atom is 0.258 e. The van der Waals surface area contributed by atoms with E-state index in [4.69, 9.17) is 26.2 Å². The van der Waals surface area contributed by atoms with E-state index in [1.807, 2.05) is 45.0 Å². The number of nitrogens with zero attached hydrogens (tertiary/aromatic N) is 3. The maximum absolute atomic E-state index is 13.3. The van der Waals surface area contributed by atoms with Crippen molar-refractivity contribution >= 4 is 29.2 Å². The lowest BCUT2D eigenvalue weighted by Crippen LogP contribution is -2.40. The van der Waals surface area contributed by atoms with Crippen LogP contribution in [0.5, 0.6) is 5.75 Å². The number of anilines is 1. The molecule has 3 rings (SSSR count). The summed E-state index contributed by atoms with van der Waals surface area (Å²) in [7, 11) is 3.04. The number of aromatic nitrogens is 2. The van der Waals surface area contributed by atoms with Crippen molar-refractivity contribution in [3.05, 3.63) is 70.9 Å². The summed E-state index contributed by atoms with van der Waals surface area (Å²) in [4.78, 5) is 27.8. The van der Waals surface area contributed by atoms with E-state index < -0.39 is 0 Å². The van der Waals surface area contributed by atoms with Crippen LogP contribution in [0.3, 0.4) is 0 Å². The Hall–Kier alpha value is -3.36. The fraction of sp³-hybridized carbons (Fsp3) is 0.346. The molecule has 0 bridgehead atoms. The SMILES string of the molecule is COCCN(CC(=O)Nc1cc(C(C)(C)C)nn1-c1ccccc1Cl)C(=O)c1ccccc1OC. The molecule has 0 radical (unpaired) electrons. The van der Waals surface area contributed by atoms with Crippen molar-refractivity contribution in [3.8, 4) is 11.4 Å². The summed E-state index contributed by atoms with van der Waals surface area (Å²) in [5.74, 6) is 0.194. The van der Waals surface area contributed by atoms with Crippen LogP contribution >= 0.6 is 11.6 Å². The van der Waals surface area contributed by atoms with E-state index in [1.54, 1.807) is 42.1 Å². The molecular weight excluding hydrogens is 468 g/mol. The Bertz CT molecular complexity index is 1190. The van der Waals surface area contributed by atoms with Gasteiger partial charge >= 0.3 is 0 Å². The average molecular weight is 499 g/mol. The van der Waals surface area contributed by atoms with Gasteiger partial charge < -0.3 is 19.7 Å². The predicted molar refractivity (Wildman–Crippen MR) is 137 cm³/mol. The first-order chi connectivity index (χ1) is 16.7. The van der Waals surface area contributed by atoms with E-state index in [0.29, 0.717) is 27.8 Å². The predicted octanol–water partition coefficient (Wildman–Crippen LogP) is 4.56. The van der Waals surface area contributed by atoms with E-state index in [1.165, 1.54) is 12.0 Å². The summed E-state index contributed by atoms with van der Waals surface area (Å²) in [6.07, 6.45) is 0. The molecule has 0 spiro atoms. The van der Waals surface area contributed by atoms with Crippen LogP contribution in [0.25, 0.3) is 5.69 Å². The van der Waals surface area contributed by atoms with Crippen molar-refractivity contribution in [1.29, 1.82) is 0 Å². The zero-order chi connectivity index (χ0) is 25.6. The molecule has 1 aromatic heterocycles. The molecule has 0 fully saturated rings. The van der Waals surface area contributed by atoms with Gasteiger partial charge in [0.05, 0.1) is 35.7 Å². The van der Waals surface area contributed by atoms with Gasteiger partial charge in [-0.2, -0.15) is 5.10 Å². The van der Waals surface area contributed by atoms with Gasteiger partial charge in [-0.25, -0.2) is 4.68 Å². The Morgan fingerprint density at radius 1 is 1.09 bits per heavy atom. The number of benzene rings is 2. The Kier molecular flexibility index (Phi) is 8.53. The number of carbonyl (C=O) groups excluding carboxylic acids is 2. The quantitative estimate of drug-likeness (QED) is 0.467. The molecule has 0 aliphatic carbocycles. The van der Waals surface area contributed by atoms with E-state index >= 15 is 0 Å². The van der Waals surface area contributed by atoms with E-state index in [9.17, 15) is 9.59 Å². The molecule has 2 aromatic carbocycles. The zero-order valence-electron chi connectivity index (χ0n) is 20.7. The summed E-state index contributed by atoms with van der Waals surface area (Å²) in [5, 5.41) is 8.11. The van der Waals surface area contributed by atoms with Crippen LogP contribution in [0.2, 0.25) is 5.02 Å². The standard InChI is InChI=1S/C26H31ClN4O4/c1-26(2,3)22-16-23(31(29-22)20-12-8-7-11-19(20)27)28-24(32)17-30(14-15-34-4)25(33)18-10-6-9-13-21(18)35-5/h6-13,16H,14-15,17H2,1-5H3,(H,28,32). The first kappa shape index (κ1) is 26.2. The smallest absolute Gasteiger partial charge is 0.258 e. The Morgan fingerprint density at radius 3 is 2.43 bits per heavy atom. The third kappa shape index (κ3) is 6.41. The minimum absolute atomic E-state index is 0.182. The molecule has 8 nitrogen and oxygen atoms in total. The summed E-state index contributed by atoms with van der Waals surface area (Å²) in [6.45, 7) is 6.44. The van der Waals surface area contributed by atoms with Gasteiger partial charge in [-0.05, 0) is 24.3 Å². The molecule has 0 atom stereocenters. The van der Waals surface area contributed by atoms with Crippen molar-refractivity contribution in [2.75, 3.05) is 39.2 Å². The number of hydrogen-bond donors (Lipinski definition) is 1. The third-order valence-corrected chi connectivity index (χ3v) is 5.67. The fourth-order valence-corrected chi connectivity index (χ4v) is 3.66. The van der Waals surface area contributed by atoms with Crippen LogP contribution in [-0.4, -0.2) is 60.4 Å². The van der Waals surface area contributed by atoms with E-state index in [0.717, 1.165) is 5.69 Å². The molecule has 9 heteroatoms. The highest BCUT2D eigenvalue weighted by Gasteiger charge is 2.25. The number of carbonyl (C=O) groups is 2. The average Bonchev–Trinajstić information content (AvgIpc) is 3.25. The van der Waals surface area contributed by atoms with Crippen molar-refractivity contribution in [1.82, 2.24) is 14.7 Å². The number of methoxy groups -OCH3 is 2. The number of ether oxygens (including phenoxy) is 2. The molecule has 0 saturated carbocycles. The van der Waals surface area contributed by atoms with Gasteiger partial charge in [0.2, 0.25) is 5.91 Å². The van der Waals surface area contributed by atoms with Crippen LogP contribution in [0.15, 0.2) is 54.6 Å². The monoisotopic (exact) mass is 498 g/mol. The summed E-state index contributed by atoms with van der Waals surface area (Å²) in [6, 6.07) is 16.0. The van der Waals surface area contributed by atoms with E-state index in [-0.39, 0.29) is 36.9 Å². The lowest BCUT2D eigenvalue weighted by Gasteiger charge is -2.23. The van der Waals surface area contributed by atoms with Gasteiger partial charge in [0.1, 0.15) is 18.1 Å². The first-order valence-electron chi connectivity index (χ1n) is 11.2. The lowest BCUT2D eigenvalue weighted by molar-refractivity contribution is -0.117. The molecule has 2 amide bonds. The molecule has 0 saturated heterocycles. The highest BCUT2D eigenvalue weighted by molar-refractivity contribution is 6.32. The first-order valence-corrected chi connectivity index (χ1v) is 11.6. The van der Waals surface area contributed by atoms with Gasteiger partial charge in [-0.3, -0.25) is 9.59 Å². The number of nitrogens with one attached hydrogen (secondary N) is 1. The number of rotatable bonds is 9. The Balaban J connectivity index is 1.89. The van der Waals surface area contributed by atoms with Crippen molar-refractivity contribution < 1.29 is 19.1 Å². The van der Waals surface area contributed by atoms with Crippen molar-refractivity contribution in [2.45, 2.75) is 26.2 Å². The molecule has 0 unspecified atom stereocenters. The van der Waals surface area contributed by atoms with Gasteiger partial charge in [-0.1, -0.05) is 56.6 Å². The Labute approximate surface area is 210 Å². The molecule has 35 heavy (non-hydrogen) atoms. The zero-order valence-corrected chi connectivity index (χ0v) is 21.4.